The minimum absolute atomic E-state index is 0.0484. The second kappa shape index (κ2) is 5.89. The van der Waals surface area contributed by atoms with Crippen molar-refractivity contribution in [3.05, 3.63) is 57.9 Å². The molecule has 2 aromatic rings. The summed E-state index contributed by atoms with van der Waals surface area (Å²) in [6.07, 6.45) is 1.78. The van der Waals surface area contributed by atoms with Crippen LogP contribution in [0.2, 0.25) is 0 Å². The molecule has 1 aromatic heterocycles. The topological polar surface area (TPSA) is 83.9 Å². The van der Waals surface area contributed by atoms with Crippen molar-refractivity contribution in [1.82, 2.24) is 4.57 Å². The summed E-state index contributed by atoms with van der Waals surface area (Å²) in [7, 11) is 0. The van der Waals surface area contributed by atoms with Crippen LogP contribution in [-0.2, 0) is 6.54 Å². The largest absolute Gasteiger partial charge is 0.385 e. The molecule has 1 N–H and O–H groups in total. The third-order valence-corrected chi connectivity index (χ3v) is 2.95. The molecule has 0 fully saturated rings. The molecule has 0 saturated carbocycles. The summed E-state index contributed by atoms with van der Waals surface area (Å²) in [6, 6.07) is 10.3. The predicted molar refractivity (Wildman–Crippen MR) is 75.5 cm³/mol. The van der Waals surface area contributed by atoms with E-state index in [1.807, 2.05) is 6.92 Å². The Morgan fingerprint density at radius 3 is 2.90 bits per heavy atom. The van der Waals surface area contributed by atoms with Gasteiger partial charge in [0.15, 0.2) is 0 Å². The molecule has 6 heteroatoms. The van der Waals surface area contributed by atoms with Gasteiger partial charge in [-0.1, -0.05) is 0 Å². The van der Waals surface area contributed by atoms with E-state index in [0.717, 1.165) is 17.8 Å². The van der Waals surface area contributed by atoms with E-state index >= 15 is 0 Å². The lowest BCUT2D eigenvalue weighted by atomic mass is 10.1. The highest BCUT2D eigenvalue weighted by Crippen LogP contribution is 2.23. The minimum Gasteiger partial charge on any atom is -0.385 e. The molecule has 0 spiro atoms. The van der Waals surface area contributed by atoms with Gasteiger partial charge in [0.2, 0.25) is 0 Å². The van der Waals surface area contributed by atoms with Gasteiger partial charge in [0, 0.05) is 36.1 Å². The summed E-state index contributed by atoms with van der Waals surface area (Å²) < 4.78 is 1.76. The summed E-state index contributed by atoms with van der Waals surface area (Å²) in [5.74, 6) is 0. The lowest BCUT2D eigenvalue weighted by Crippen LogP contribution is -2.06. The molecule has 20 heavy (non-hydrogen) atoms. The van der Waals surface area contributed by atoms with Crippen LogP contribution in [-0.4, -0.2) is 16.0 Å². The first-order valence-corrected chi connectivity index (χ1v) is 6.22. The fourth-order valence-electron chi connectivity index (χ4n) is 2.02. The smallest absolute Gasteiger partial charge is 0.269 e. The van der Waals surface area contributed by atoms with Gasteiger partial charge in [-0.25, -0.2) is 0 Å². The van der Waals surface area contributed by atoms with E-state index in [1.165, 1.54) is 6.07 Å². The van der Waals surface area contributed by atoms with E-state index in [9.17, 15) is 10.1 Å². The summed E-state index contributed by atoms with van der Waals surface area (Å²) in [5.41, 5.74) is 2.20. The van der Waals surface area contributed by atoms with E-state index in [-0.39, 0.29) is 5.69 Å². The normalized spacial score (nSPS) is 10.0. The maximum Gasteiger partial charge on any atom is 0.269 e. The molecule has 0 aliphatic heterocycles. The Labute approximate surface area is 116 Å². The van der Waals surface area contributed by atoms with Crippen molar-refractivity contribution in [2.24, 2.45) is 0 Å². The van der Waals surface area contributed by atoms with Crippen LogP contribution in [0.4, 0.5) is 11.4 Å². The van der Waals surface area contributed by atoms with Gasteiger partial charge in [0.25, 0.3) is 5.69 Å². The van der Waals surface area contributed by atoms with Crippen molar-refractivity contribution in [3.8, 4) is 6.07 Å². The molecule has 0 radical (unpaired) electrons. The van der Waals surface area contributed by atoms with Crippen molar-refractivity contribution >= 4 is 11.4 Å². The van der Waals surface area contributed by atoms with Crippen LogP contribution in [0.5, 0.6) is 0 Å². The fraction of sp³-hybridized carbons (Fsp3) is 0.214. The molecule has 2 rings (SSSR count). The Morgan fingerprint density at radius 1 is 1.45 bits per heavy atom. The highest BCUT2D eigenvalue weighted by atomic mass is 16.6. The Hall–Kier alpha value is -2.81. The van der Waals surface area contributed by atoms with Crippen molar-refractivity contribution in [3.63, 3.8) is 0 Å². The zero-order chi connectivity index (χ0) is 14.5. The number of hydrogen-bond donors (Lipinski definition) is 1. The second-order valence-corrected chi connectivity index (χ2v) is 4.26. The van der Waals surface area contributed by atoms with Crippen LogP contribution in [0.1, 0.15) is 18.2 Å². The first-order valence-electron chi connectivity index (χ1n) is 6.22. The molecule has 0 bridgehead atoms. The lowest BCUT2D eigenvalue weighted by molar-refractivity contribution is -0.384. The number of anilines is 1. The van der Waals surface area contributed by atoms with Crippen LogP contribution in [0.25, 0.3) is 0 Å². The summed E-state index contributed by atoms with van der Waals surface area (Å²) >= 11 is 0. The standard InChI is InChI=1S/C14H14N4O2/c1-2-16-14-6-5-12(18(19)20)8-11(14)10-17-7-3-4-13(17)9-15/h3-8,16H,2,10H2,1H3. The number of nitrogens with one attached hydrogen (secondary N) is 1. The van der Waals surface area contributed by atoms with Crippen LogP contribution in [0.3, 0.4) is 0 Å². The van der Waals surface area contributed by atoms with Crippen molar-refractivity contribution in [1.29, 1.82) is 5.26 Å². The molecule has 1 aromatic carbocycles. The Kier molecular flexibility index (Phi) is 4.01. The van der Waals surface area contributed by atoms with Crippen LogP contribution in [0.15, 0.2) is 36.5 Å². The number of nitriles is 1. The van der Waals surface area contributed by atoms with E-state index in [4.69, 9.17) is 5.26 Å². The summed E-state index contributed by atoms with van der Waals surface area (Å²) in [6.45, 7) is 3.10. The zero-order valence-electron chi connectivity index (χ0n) is 11.0. The van der Waals surface area contributed by atoms with Crippen molar-refractivity contribution in [2.75, 3.05) is 11.9 Å². The Morgan fingerprint density at radius 2 is 2.25 bits per heavy atom. The number of nitrogens with zero attached hydrogens (tertiary/aromatic N) is 3. The van der Waals surface area contributed by atoms with Gasteiger partial charge in [-0.2, -0.15) is 5.26 Å². The van der Waals surface area contributed by atoms with Crippen molar-refractivity contribution in [2.45, 2.75) is 13.5 Å². The molecule has 0 aliphatic carbocycles. The molecule has 0 aliphatic rings. The first kappa shape index (κ1) is 13.6. The van der Waals surface area contributed by atoms with Gasteiger partial charge < -0.3 is 9.88 Å². The number of nitro groups is 1. The average Bonchev–Trinajstić information content (AvgIpc) is 2.88. The monoisotopic (exact) mass is 270 g/mol. The molecule has 0 atom stereocenters. The number of rotatable bonds is 5. The van der Waals surface area contributed by atoms with Crippen LogP contribution >= 0.6 is 0 Å². The molecule has 0 amide bonds. The molecule has 102 valence electrons. The maximum atomic E-state index is 10.9. The molecule has 1 heterocycles. The van der Waals surface area contributed by atoms with Gasteiger partial charge in [-0.05, 0) is 25.1 Å². The summed E-state index contributed by atoms with van der Waals surface area (Å²) in [5, 5.41) is 23.1. The number of aromatic nitrogens is 1. The number of non-ortho nitro benzene ring substituents is 1. The van der Waals surface area contributed by atoms with Crippen LogP contribution < -0.4 is 5.32 Å². The van der Waals surface area contributed by atoms with Gasteiger partial charge in [0.05, 0.1) is 11.5 Å². The van der Waals surface area contributed by atoms with E-state index < -0.39 is 4.92 Å². The number of benzene rings is 1. The number of nitro benzene ring substituents is 1. The SMILES string of the molecule is CCNc1ccc([N+](=O)[O-])cc1Cn1cccc1C#N. The molecular weight excluding hydrogens is 256 g/mol. The quantitative estimate of drug-likeness (QED) is 0.668. The zero-order valence-corrected chi connectivity index (χ0v) is 11.0. The minimum atomic E-state index is -0.417. The highest BCUT2D eigenvalue weighted by molar-refractivity contribution is 5.56. The third kappa shape index (κ3) is 2.78. The van der Waals surface area contributed by atoms with E-state index in [1.54, 1.807) is 35.0 Å². The third-order valence-electron chi connectivity index (χ3n) is 2.95. The predicted octanol–water partition coefficient (Wildman–Crippen LogP) is 2.75. The van der Waals surface area contributed by atoms with Gasteiger partial charge >= 0.3 is 0 Å². The van der Waals surface area contributed by atoms with Crippen molar-refractivity contribution < 1.29 is 4.92 Å². The van der Waals surface area contributed by atoms with Gasteiger partial charge in [-0.15, -0.1) is 0 Å². The molecule has 0 unspecified atom stereocenters. The first-order chi connectivity index (χ1) is 9.65. The molecule has 6 nitrogen and oxygen atoms in total. The van der Waals surface area contributed by atoms with Crippen LogP contribution in [0, 0.1) is 21.4 Å². The maximum absolute atomic E-state index is 10.9. The molecular formula is C14H14N4O2. The average molecular weight is 270 g/mol. The Bertz CT molecular complexity index is 670. The van der Waals surface area contributed by atoms with Gasteiger partial charge in [-0.3, -0.25) is 10.1 Å². The number of hydrogen-bond acceptors (Lipinski definition) is 4. The molecule has 0 saturated heterocycles. The van der Waals surface area contributed by atoms with E-state index in [2.05, 4.69) is 11.4 Å². The van der Waals surface area contributed by atoms with Gasteiger partial charge in [0.1, 0.15) is 11.8 Å². The lowest BCUT2D eigenvalue weighted by Gasteiger charge is -2.12. The fourth-order valence-corrected chi connectivity index (χ4v) is 2.02. The Balaban J connectivity index is 2.40. The van der Waals surface area contributed by atoms with E-state index in [0.29, 0.717) is 12.2 Å². The second-order valence-electron chi connectivity index (χ2n) is 4.26. The summed E-state index contributed by atoms with van der Waals surface area (Å²) in [4.78, 5) is 10.5. The highest BCUT2D eigenvalue weighted by Gasteiger charge is 2.11.